The van der Waals surface area contributed by atoms with Crippen LogP contribution in [-0.4, -0.2) is 40.6 Å². The number of aliphatic imine (C=N–C) groups is 2. The molecule has 2 fully saturated rings. The molecule has 3 aromatic rings. The fourth-order valence-corrected chi connectivity index (χ4v) is 4.03. The number of para-hydroxylation sites is 2. The second-order valence-electron chi connectivity index (χ2n) is 11.4. The van der Waals surface area contributed by atoms with E-state index in [0.717, 1.165) is 25.7 Å². The molecule has 0 amide bonds. The largest absolute Gasteiger partial charge is 3.00 e. The van der Waals surface area contributed by atoms with Crippen LogP contribution >= 0.6 is 7.81 Å². The van der Waals surface area contributed by atoms with Crippen molar-refractivity contribution in [3.63, 3.8) is 0 Å². The van der Waals surface area contributed by atoms with E-state index in [2.05, 4.69) is 48.0 Å². The molecule has 5 rings (SSSR count). The molecule has 0 spiro atoms. The number of hydrogen-bond donors (Lipinski definition) is 1. The van der Waals surface area contributed by atoms with Gasteiger partial charge >= 0.3 is 52.5 Å². The summed E-state index contributed by atoms with van der Waals surface area (Å²) in [6.07, 6.45) is 11.0. The molecule has 1 N–H and O–H groups in total. The summed E-state index contributed by atoms with van der Waals surface area (Å²) in [5.74, 6) is -0.0326. The molecule has 45 heavy (non-hydrogen) atoms. The van der Waals surface area contributed by atoms with Gasteiger partial charge in [0.15, 0.2) is 0 Å². The van der Waals surface area contributed by atoms with Crippen molar-refractivity contribution in [3.8, 4) is 11.5 Å². The molecular formula is C31H38F6N4O2PRu. The van der Waals surface area contributed by atoms with Crippen molar-refractivity contribution >= 4 is 20.2 Å². The van der Waals surface area contributed by atoms with Crippen LogP contribution in [0.2, 0.25) is 0 Å². The van der Waals surface area contributed by atoms with Crippen LogP contribution in [0.25, 0.3) is 0 Å². The number of halogens is 6. The average molecular weight is 745 g/mol. The summed E-state index contributed by atoms with van der Waals surface area (Å²) >= 11 is 0. The molecule has 1 saturated heterocycles. The van der Waals surface area contributed by atoms with Crippen molar-refractivity contribution in [1.29, 1.82) is 0 Å². The third-order valence-corrected chi connectivity index (χ3v) is 7.03. The van der Waals surface area contributed by atoms with Crippen LogP contribution in [0.1, 0.15) is 64.5 Å². The van der Waals surface area contributed by atoms with Crippen molar-refractivity contribution in [2.45, 2.75) is 76.5 Å². The molecule has 2 aliphatic rings. The van der Waals surface area contributed by atoms with Crippen molar-refractivity contribution in [1.82, 2.24) is 10.3 Å². The zero-order valence-corrected chi connectivity index (χ0v) is 28.0. The van der Waals surface area contributed by atoms with Gasteiger partial charge in [0.25, 0.3) is 0 Å². The monoisotopic (exact) mass is 745 g/mol. The first-order chi connectivity index (χ1) is 20.1. The Labute approximate surface area is 273 Å². The van der Waals surface area contributed by atoms with Gasteiger partial charge in [-0.1, -0.05) is 67.4 Å². The second-order valence-corrected chi connectivity index (χ2v) is 13.3. The van der Waals surface area contributed by atoms with Crippen LogP contribution in [0, 0.1) is 0 Å². The van der Waals surface area contributed by atoms with Gasteiger partial charge in [-0.15, -0.1) is 11.5 Å². The summed E-state index contributed by atoms with van der Waals surface area (Å²) in [6, 6.07) is 19.6. The molecule has 2 heterocycles. The molecule has 1 aliphatic heterocycles. The molecule has 249 valence electrons. The summed E-state index contributed by atoms with van der Waals surface area (Å²) in [7, 11) is -10.7. The van der Waals surface area contributed by atoms with Crippen LogP contribution < -0.4 is 15.5 Å². The van der Waals surface area contributed by atoms with Crippen molar-refractivity contribution in [3.05, 3.63) is 90.3 Å². The standard InChI is InChI=1S/C20H22N2O2.C6H13N.C5H5N.F6P.Ru/c23-19-11-5-1-7-15(19)13-21-17-9-3-4-10-18(17)22-14-16-8-2-6-12-20(16)24;1-5(2)6(3,4)7-5;1-2-4-6-5-3-1;1-7(2,3,4,5)6;/h1-2,5-8,11-14,17-18,23-24H,3-4,9-10H2;7H,1-4H3;1-5H;;/q;;;-1;+3/p-2. The Balaban J connectivity index is 0.000000390. The summed E-state index contributed by atoms with van der Waals surface area (Å²) in [5.41, 5.74) is 2.01. The number of nitrogens with zero attached hydrogens (tertiary/aromatic N) is 3. The van der Waals surface area contributed by atoms with Crippen molar-refractivity contribution in [2.75, 3.05) is 0 Å². The molecule has 1 saturated carbocycles. The van der Waals surface area contributed by atoms with Gasteiger partial charge in [0.05, 0.1) is 12.1 Å². The maximum atomic E-state index is 11.8. The first kappa shape index (κ1) is 40.1. The number of benzene rings is 2. The Morgan fingerprint density at radius 3 is 1.27 bits per heavy atom. The predicted molar refractivity (Wildman–Crippen MR) is 162 cm³/mol. The minimum Gasteiger partial charge on any atom is -0.872 e. The van der Waals surface area contributed by atoms with Crippen LogP contribution in [-0.2, 0) is 19.5 Å². The van der Waals surface area contributed by atoms with E-state index in [9.17, 15) is 35.4 Å². The average Bonchev–Trinajstić information content (AvgIpc) is 3.41. The zero-order chi connectivity index (χ0) is 33.1. The van der Waals surface area contributed by atoms with Gasteiger partial charge in [0, 0.05) is 35.9 Å². The summed E-state index contributed by atoms with van der Waals surface area (Å²) in [4.78, 5) is 13.0. The van der Waals surface area contributed by atoms with Crippen LogP contribution in [0.5, 0.6) is 11.5 Å². The molecule has 1 aliphatic carbocycles. The van der Waals surface area contributed by atoms with E-state index in [0.29, 0.717) is 22.2 Å². The first-order valence-electron chi connectivity index (χ1n) is 13.9. The Kier molecular flexibility index (Phi) is 13.9. The first-order valence-corrected chi connectivity index (χ1v) is 16.0. The van der Waals surface area contributed by atoms with E-state index in [1.807, 2.05) is 30.3 Å². The smallest absolute Gasteiger partial charge is 0.872 e. The number of pyridine rings is 1. The number of rotatable bonds is 4. The minimum atomic E-state index is -10.7. The van der Waals surface area contributed by atoms with Gasteiger partial charge in [-0.2, -0.15) is 0 Å². The molecule has 0 bridgehead atoms. The summed E-state index contributed by atoms with van der Waals surface area (Å²) in [5, 5.41) is 26.9. The van der Waals surface area contributed by atoms with Crippen LogP contribution in [0.4, 0.5) is 25.2 Å². The van der Waals surface area contributed by atoms with Gasteiger partial charge < -0.3 is 15.5 Å². The van der Waals surface area contributed by atoms with Gasteiger partial charge in [0.1, 0.15) is 0 Å². The van der Waals surface area contributed by atoms with Gasteiger partial charge in [-0.05, 0) is 63.8 Å². The Bertz CT molecular complexity index is 1280. The molecule has 6 nitrogen and oxygen atoms in total. The molecule has 1 radical (unpaired) electrons. The Hall–Kier alpha value is -2.88. The van der Waals surface area contributed by atoms with E-state index in [4.69, 9.17) is 0 Å². The summed E-state index contributed by atoms with van der Waals surface area (Å²) < 4.78 is 59.2. The third kappa shape index (κ3) is 18.0. The maximum absolute atomic E-state index is 11.8. The predicted octanol–water partition coefficient (Wildman–Crippen LogP) is 8.29. The quantitative estimate of drug-likeness (QED) is 0.0955. The Morgan fingerprint density at radius 1 is 0.689 bits per heavy atom. The normalized spacial score (nSPS) is 21.2. The van der Waals surface area contributed by atoms with Crippen LogP contribution in [0.3, 0.4) is 0 Å². The zero-order valence-electron chi connectivity index (χ0n) is 25.4. The van der Waals surface area contributed by atoms with Crippen molar-refractivity contribution < 1.29 is 54.9 Å². The fraction of sp³-hybridized carbons (Fsp3) is 0.387. The van der Waals surface area contributed by atoms with Crippen molar-refractivity contribution in [2.24, 2.45) is 9.98 Å². The summed E-state index contributed by atoms with van der Waals surface area (Å²) in [6.45, 7) is 8.86. The van der Waals surface area contributed by atoms with E-state index in [-0.39, 0.29) is 43.1 Å². The van der Waals surface area contributed by atoms with Gasteiger partial charge in [-0.25, -0.2) is 0 Å². The molecule has 2 aromatic carbocycles. The molecule has 14 heteroatoms. The second kappa shape index (κ2) is 15.6. The van der Waals surface area contributed by atoms with Gasteiger partial charge in [0.2, 0.25) is 0 Å². The molecule has 2 unspecified atom stereocenters. The molecule has 1 aromatic heterocycles. The fourth-order valence-electron chi connectivity index (χ4n) is 4.03. The van der Waals surface area contributed by atoms with Crippen LogP contribution in [0.15, 0.2) is 89.1 Å². The molecular weight excluding hydrogens is 706 g/mol. The SMILES string of the molecule is CC1(C)NC1(C)C.F[P-](F)(F)(F)(F)F.[O-]c1ccccc1C=NC1CCCCC1N=Cc1ccccc1[O-].[Ru+3].c1ccncc1. The van der Waals surface area contributed by atoms with E-state index in [1.54, 1.807) is 61.2 Å². The van der Waals surface area contributed by atoms with E-state index in [1.165, 1.54) is 0 Å². The number of hydrogen-bond acceptors (Lipinski definition) is 6. The minimum absolute atomic E-state index is 0. The van der Waals surface area contributed by atoms with Gasteiger partial charge in [-0.3, -0.25) is 15.0 Å². The maximum Gasteiger partial charge on any atom is 3.00 e. The third-order valence-electron chi connectivity index (χ3n) is 7.03. The van der Waals surface area contributed by atoms with E-state index >= 15 is 0 Å². The van der Waals surface area contributed by atoms with E-state index < -0.39 is 7.81 Å². The Morgan fingerprint density at radius 2 is 1.02 bits per heavy atom. The topological polar surface area (TPSA) is 106 Å². The number of nitrogens with one attached hydrogen (secondary N) is 1. The number of aromatic nitrogens is 1. The molecule has 2 atom stereocenters.